The van der Waals surface area contributed by atoms with E-state index in [9.17, 15) is 18.4 Å². The van der Waals surface area contributed by atoms with Gasteiger partial charge in [0.2, 0.25) is 0 Å². The number of fused-ring (bicyclic) bond motifs is 1. The molecule has 0 atom stereocenters. The predicted molar refractivity (Wildman–Crippen MR) is 83.4 cm³/mol. The summed E-state index contributed by atoms with van der Waals surface area (Å²) in [5.41, 5.74) is -0.0285. The summed E-state index contributed by atoms with van der Waals surface area (Å²) in [6.45, 7) is 0.0334. The number of ether oxygens (including phenoxy) is 3. The Bertz CT molecular complexity index is 853. The van der Waals surface area contributed by atoms with Crippen molar-refractivity contribution in [2.75, 3.05) is 19.8 Å². The van der Waals surface area contributed by atoms with E-state index < -0.39 is 30.0 Å². The van der Waals surface area contributed by atoms with Crippen LogP contribution in [-0.2, 0) is 4.74 Å². The van der Waals surface area contributed by atoms with Gasteiger partial charge < -0.3 is 14.2 Å². The minimum absolute atomic E-state index is 0.0762. The van der Waals surface area contributed by atoms with Crippen LogP contribution in [0.5, 0.6) is 11.5 Å². The summed E-state index contributed by atoms with van der Waals surface area (Å²) in [7, 11) is 0. The van der Waals surface area contributed by atoms with Crippen LogP contribution in [0.25, 0.3) is 0 Å². The van der Waals surface area contributed by atoms with Crippen molar-refractivity contribution in [3.05, 3.63) is 58.1 Å². The first-order valence-electron chi connectivity index (χ1n) is 7.20. The molecule has 1 aliphatic rings. The lowest BCUT2D eigenvalue weighted by Gasteiger charge is -2.19. The van der Waals surface area contributed by atoms with Gasteiger partial charge >= 0.3 is 5.97 Å². The molecule has 1 heterocycles. The third-order valence-electron chi connectivity index (χ3n) is 3.41. The highest BCUT2D eigenvalue weighted by atomic mass is 35.5. The molecule has 0 unspecified atom stereocenters. The first-order chi connectivity index (χ1) is 12.0. The molecule has 3 rings (SSSR count). The van der Waals surface area contributed by atoms with E-state index in [2.05, 4.69) is 0 Å². The Morgan fingerprint density at radius 1 is 1.04 bits per heavy atom. The molecule has 0 aliphatic carbocycles. The highest BCUT2D eigenvalue weighted by Gasteiger charge is 2.21. The molecule has 2 aromatic rings. The zero-order chi connectivity index (χ0) is 18.0. The highest BCUT2D eigenvalue weighted by molar-refractivity contribution is 6.32. The van der Waals surface area contributed by atoms with Crippen molar-refractivity contribution in [3.8, 4) is 11.5 Å². The van der Waals surface area contributed by atoms with E-state index in [0.717, 1.165) is 18.2 Å². The van der Waals surface area contributed by atoms with E-state index in [4.69, 9.17) is 25.8 Å². The van der Waals surface area contributed by atoms with Crippen LogP contribution in [0.2, 0.25) is 5.02 Å². The maximum Gasteiger partial charge on any atom is 0.338 e. The lowest BCUT2D eigenvalue weighted by atomic mass is 10.1. The molecule has 130 valence electrons. The molecule has 0 N–H and O–H groups in total. The summed E-state index contributed by atoms with van der Waals surface area (Å²) < 4.78 is 41.6. The molecule has 0 radical (unpaired) electrons. The zero-order valence-electron chi connectivity index (χ0n) is 12.7. The SMILES string of the molecule is O=C(COC(=O)c1cc(Cl)c2c(c1)OCCO2)c1ccc(F)c(F)c1. The van der Waals surface area contributed by atoms with Crippen molar-refractivity contribution in [3.63, 3.8) is 0 Å². The maximum absolute atomic E-state index is 13.1. The number of benzene rings is 2. The normalized spacial score (nSPS) is 12.6. The van der Waals surface area contributed by atoms with Gasteiger partial charge in [-0.05, 0) is 30.3 Å². The Labute approximate surface area is 146 Å². The van der Waals surface area contributed by atoms with Crippen LogP contribution in [0.15, 0.2) is 30.3 Å². The quantitative estimate of drug-likeness (QED) is 0.611. The summed E-state index contributed by atoms with van der Waals surface area (Å²) in [5.74, 6) is -3.07. The number of Topliss-reactive ketones (excluding diaryl/α,β-unsaturated/α-hetero) is 1. The summed E-state index contributed by atoms with van der Waals surface area (Å²) in [5, 5.41) is 0.177. The van der Waals surface area contributed by atoms with Crippen LogP contribution in [0.4, 0.5) is 8.78 Å². The van der Waals surface area contributed by atoms with Crippen LogP contribution in [0.1, 0.15) is 20.7 Å². The van der Waals surface area contributed by atoms with Gasteiger partial charge in [-0.3, -0.25) is 4.79 Å². The van der Waals surface area contributed by atoms with E-state index in [1.807, 2.05) is 0 Å². The monoisotopic (exact) mass is 368 g/mol. The van der Waals surface area contributed by atoms with Gasteiger partial charge in [-0.25, -0.2) is 13.6 Å². The number of carbonyl (C=O) groups is 2. The third-order valence-corrected chi connectivity index (χ3v) is 3.69. The molecular formula is C17H11ClF2O5. The number of halogens is 3. The van der Waals surface area contributed by atoms with E-state index >= 15 is 0 Å². The molecular weight excluding hydrogens is 358 g/mol. The molecule has 0 amide bonds. The summed E-state index contributed by atoms with van der Waals surface area (Å²) >= 11 is 6.03. The zero-order valence-corrected chi connectivity index (χ0v) is 13.4. The summed E-state index contributed by atoms with van der Waals surface area (Å²) in [6.07, 6.45) is 0. The lowest BCUT2D eigenvalue weighted by Crippen LogP contribution is -2.18. The number of carbonyl (C=O) groups excluding carboxylic acids is 2. The van der Waals surface area contributed by atoms with Gasteiger partial charge in [-0.15, -0.1) is 0 Å². The average molecular weight is 369 g/mol. The Morgan fingerprint density at radius 3 is 2.56 bits per heavy atom. The molecule has 0 saturated carbocycles. The molecule has 0 spiro atoms. The second-order valence-electron chi connectivity index (χ2n) is 5.11. The predicted octanol–water partition coefficient (Wildman–Crippen LogP) is 3.43. The van der Waals surface area contributed by atoms with Crippen LogP contribution < -0.4 is 9.47 Å². The molecule has 0 fully saturated rings. The van der Waals surface area contributed by atoms with Gasteiger partial charge in [0.1, 0.15) is 13.2 Å². The molecule has 8 heteroatoms. The van der Waals surface area contributed by atoms with Crippen molar-refractivity contribution in [2.24, 2.45) is 0 Å². The van der Waals surface area contributed by atoms with Crippen LogP contribution >= 0.6 is 11.6 Å². The fourth-order valence-corrected chi connectivity index (χ4v) is 2.46. The van der Waals surface area contributed by atoms with Crippen molar-refractivity contribution in [1.82, 2.24) is 0 Å². The lowest BCUT2D eigenvalue weighted by molar-refractivity contribution is 0.0474. The van der Waals surface area contributed by atoms with Crippen molar-refractivity contribution in [2.45, 2.75) is 0 Å². The van der Waals surface area contributed by atoms with Crippen LogP contribution in [-0.4, -0.2) is 31.6 Å². The fourth-order valence-electron chi connectivity index (χ4n) is 2.20. The number of hydrogen-bond acceptors (Lipinski definition) is 5. The summed E-state index contributed by atoms with van der Waals surface area (Å²) in [6, 6.07) is 5.40. The first-order valence-corrected chi connectivity index (χ1v) is 7.58. The van der Waals surface area contributed by atoms with Gasteiger partial charge in [0, 0.05) is 5.56 Å². The average Bonchev–Trinajstić information content (AvgIpc) is 2.61. The standard InChI is InChI=1S/C17H11ClF2O5/c18-11-5-10(7-15-16(11)24-4-3-23-15)17(22)25-8-14(21)9-1-2-12(19)13(20)6-9/h1-2,5-7H,3-4,8H2. The van der Waals surface area contributed by atoms with Crippen LogP contribution in [0, 0.1) is 11.6 Å². The third kappa shape index (κ3) is 3.71. The van der Waals surface area contributed by atoms with Gasteiger partial charge in [0.05, 0.1) is 10.6 Å². The molecule has 0 saturated heterocycles. The number of esters is 1. The molecule has 0 bridgehead atoms. The fraction of sp³-hybridized carbons (Fsp3) is 0.176. The molecule has 1 aliphatic heterocycles. The van der Waals surface area contributed by atoms with E-state index in [1.54, 1.807) is 0 Å². The Hall–Kier alpha value is -2.67. The van der Waals surface area contributed by atoms with Gasteiger partial charge in [0.15, 0.2) is 35.5 Å². The highest BCUT2D eigenvalue weighted by Crippen LogP contribution is 2.38. The number of ketones is 1. The second-order valence-corrected chi connectivity index (χ2v) is 5.52. The van der Waals surface area contributed by atoms with Crippen LogP contribution in [0.3, 0.4) is 0 Å². The summed E-state index contributed by atoms with van der Waals surface area (Å²) in [4.78, 5) is 24.0. The van der Waals surface area contributed by atoms with E-state index in [0.29, 0.717) is 24.7 Å². The second kappa shape index (κ2) is 7.06. The maximum atomic E-state index is 13.1. The smallest absolute Gasteiger partial charge is 0.338 e. The number of hydrogen-bond donors (Lipinski definition) is 0. The van der Waals surface area contributed by atoms with Gasteiger partial charge in [-0.1, -0.05) is 11.6 Å². The molecule has 25 heavy (non-hydrogen) atoms. The molecule has 0 aromatic heterocycles. The van der Waals surface area contributed by atoms with Gasteiger partial charge in [-0.2, -0.15) is 0 Å². The molecule has 5 nitrogen and oxygen atoms in total. The van der Waals surface area contributed by atoms with E-state index in [1.165, 1.54) is 12.1 Å². The van der Waals surface area contributed by atoms with Gasteiger partial charge in [0.25, 0.3) is 0 Å². The Morgan fingerprint density at radius 2 is 1.80 bits per heavy atom. The minimum Gasteiger partial charge on any atom is -0.486 e. The van der Waals surface area contributed by atoms with Crippen molar-refractivity contribution < 1.29 is 32.6 Å². The number of rotatable bonds is 4. The largest absolute Gasteiger partial charge is 0.486 e. The first kappa shape index (κ1) is 17.2. The Kier molecular flexibility index (Phi) is 4.85. The van der Waals surface area contributed by atoms with Crippen molar-refractivity contribution >= 4 is 23.4 Å². The van der Waals surface area contributed by atoms with E-state index in [-0.39, 0.29) is 16.1 Å². The topological polar surface area (TPSA) is 61.8 Å². The van der Waals surface area contributed by atoms with Crippen molar-refractivity contribution in [1.29, 1.82) is 0 Å². The minimum atomic E-state index is -1.16. The molecule has 2 aromatic carbocycles. The Balaban J connectivity index is 1.69.